The van der Waals surface area contributed by atoms with Gasteiger partial charge >= 0.3 is 0 Å². The van der Waals surface area contributed by atoms with E-state index in [4.69, 9.17) is 11.6 Å². The molecule has 1 aromatic rings. The molecule has 1 heterocycles. The van der Waals surface area contributed by atoms with E-state index >= 15 is 0 Å². The van der Waals surface area contributed by atoms with Gasteiger partial charge in [0.25, 0.3) is 0 Å². The number of rotatable bonds is 8. The van der Waals surface area contributed by atoms with Crippen LogP contribution < -0.4 is 5.32 Å². The molecule has 2 rings (SSSR count). The van der Waals surface area contributed by atoms with E-state index in [1.54, 1.807) is 17.8 Å². The number of hydrogen-bond acceptors (Lipinski definition) is 4. The first kappa shape index (κ1) is 20.6. The molecule has 1 aliphatic rings. The molecule has 0 spiro atoms. The lowest BCUT2D eigenvalue weighted by Crippen LogP contribution is -2.28. The monoisotopic (exact) mass is 404 g/mol. The van der Waals surface area contributed by atoms with Crippen molar-refractivity contribution in [3.63, 3.8) is 0 Å². The number of nitrogens with one attached hydrogen (secondary N) is 1. The number of sulfonamides is 1. The second-order valence-electron chi connectivity index (χ2n) is 6.11. The molecular weight excluding hydrogens is 380 g/mol. The minimum atomic E-state index is -3.62. The van der Waals surface area contributed by atoms with Crippen molar-refractivity contribution in [3.8, 4) is 0 Å². The molecule has 8 heteroatoms. The lowest BCUT2D eigenvalue weighted by molar-refractivity contribution is -0.115. The van der Waals surface area contributed by atoms with Gasteiger partial charge in [-0.2, -0.15) is 4.31 Å². The third-order valence-electron chi connectivity index (χ3n) is 4.12. The van der Waals surface area contributed by atoms with Gasteiger partial charge in [-0.3, -0.25) is 4.79 Å². The van der Waals surface area contributed by atoms with Crippen LogP contribution in [0.4, 0.5) is 5.69 Å². The van der Waals surface area contributed by atoms with Crippen molar-refractivity contribution in [3.05, 3.63) is 23.2 Å². The molecule has 0 aromatic heterocycles. The Kier molecular flexibility index (Phi) is 7.61. The molecular formula is C17H25ClN2O3S2. The van der Waals surface area contributed by atoms with Gasteiger partial charge in [0.2, 0.25) is 15.9 Å². The molecule has 1 unspecified atom stereocenters. The van der Waals surface area contributed by atoms with E-state index in [0.29, 0.717) is 18.8 Å². The maximum Gasteiger partial charge on any atom is 0.244 e. The Bertz CT molecular complexity index is 704. The number of carbonyl (C=O) groups is 1. The largest absolute Gasteiger partial charge is 0.325 e. The van der Waals surface area contributed by atoms with Crippen LogP contribution in [0.1, 0.15) is 39.5 Å². The molecule has 140 valence electrons. The minimum Gasteiger partial charge on any atom is -0.325 e. The van der Waals surface area contributed by atoms with E-state index in [1.165, 1.54) is 16.4 Å². The number of nitrogens with zero attached hydrogens (tertiary/aromatic N) is 1. The number of benzene rings is 1. The highest BCUT2D eigenvalue weighted by molar-refractivity contribution is 8.00. The summed E-state index contributed by atoms with van der Waals surface area (Å²) in [5.41, 5.74) is 0.454. The van der Waals surface area contributed by atoms with Crippen molar-refractivity contribution >= 4 is 45.0 Å². The number of halogens is 1. The van der Waals surface area contributed by atoms with Crippen molar-refractivity contribution in [2.24, 2.45) is 0 Å². The van der Waals surface area contributed by atoms with Gasteiger partial charge in [0, 0.05) is 18.8 Å². The molecule has 0 aliphatic carbocycles. The second-order valence-corrected chi connectivity index (χ2v) is 9.87. The van der Waals surface area contributed by atoms with Crippen LogP contribution in [0.15, 0.2) is 23.1 Å². The summed E-state index contributed by atoms with van der Waals surface area (Å²) < 4.78 is 26.9. The fourth-order valence-corrected chi connectivity index (χ4v) is 5.61. The van der Waals surface area contributed by atoms with Crippen molar-refractivity contribution in [2.75, 3.05) is 24.2 Å². The summed E-state index contributed by atoms with van der Waals surface area (Å²) in [5, 5.41) is 2.78. The van der Waals surface area contributed by atoms with E-state index < -0.39 is 10.0 Å². The van der Waals surface area contributed by atoms with Crippen LogP contribution >= 0.6 is 23.4 Å². The summed E-state index contributed by atoms with van der Waals surface area (Å²) in [7, 11) is -3.62. The predicted octanol–water partition coefficient (Wildman–Crippen LogP) is 3.98. The fourth-order valence-electron chi connectivity index (χ4n) is 2.57. The van der Waals surface area contributed by atoms with Gasteiger partial charge in [-0.15, -0.1) is 11.8 Å². The van der Waals surface area contributed by atoms with Gasteiger partial charge in [0.05, 0.1) is 10.3 Å². The van der Waals surface area contributed by atoms with Gasteiger partial charge in [-0.25, -0.2) is 8.42 Å². The standard InChI is InChI=1S/C17H25ClN2O3S2/c1-3-4-11-24-13(2)17(21)19-14-7-8-15(18)16(12-14)25(22,23)20-9-5-6-10-20/h7-8,12-13H,3-6,9-11H2,1-2H3,(H,19,21). The van der Waals surface area contributed by atoms with E-state index in [9.17, 15) is 13.2 Å². The molecule has 1 amide bonds. The van der Waals surface area contributed by atoms with E-state index in [0.717, 1.165) is 31.4 Å². The molecule has 0 bridgehead atoms. The fraction of sp³-hybridized carbons (Fsp3) is 0.588. The van der Waals surface area contributed by atoms with Crippen LogP contribution in [-0.4, -0.2) is 42.7 Å². The summed E-state index contributed by atoms with van der Waals surface area (Å²) in [6.45, 7) is 5.00. The van der Waals surface area contributed by atoms with Crippen LogP contribution in [0.25, 0.3) is 0 Å². The smallest absolute Gasteiger partial charge is 0.244 e. The quantitative estimate of drug-likeness (QED) is 0.665. The van der Waals surface area contributed by atoms with Gasteiger partial charge < -0.3 is 5.32 Å². The van der Waals surface area contributed by atoms with Crippen molar-refractivity contribution in [2.45, 2.75) is 49.7 Å². The molecule has 25 heavy (non-hydrogen) atoms. The number of hydrogen-bond donors (Lipinski definition) is 1. The Morgan fingerprint density at radius 2 is 2.04 bits per heavy atom. The first-order valence-corrected chi connectivity index (χ1v) is 11.4. The SMILES string of the molecule is CCCCSC(C)C(=O)Nc1ccc(Cl)c(S(=O)(=O)N2CCCC2)c1. The lowest BCUT2D eigenvalue weighted by Gasteiger charge is -2.18. The molecule has 1 aliphatic heterocycles. The normalized spacial score (nSPS) is 16.8. The van der Waals surface area contributed by atoms with E-state index in [1.807, 2.05) is 6.92 Å². The highest BCUT2D eigenvalue weighted by Crippen LogP contribution is 2.30. The molecule has 5 nitrogen and oxygen atoms in total. The molecule has 1 saturated heterocycles. The second kappa shape index (κ2) is 9.26. The minimum absolute atomic E-state index is 0.0557. The van der Waals surface area contributed by atoms with Gasteiger partial charge in [-0.05, 0) is 50.1 Å². The average molecular weight is 405 g/mol. The van der Waals surface area contributed by atoms with E-state index in [-0.39, 0.29) is 21.1 Å². The number of unbranched alkanes of at least 4 members (excludes halogenated alkanes) is 1. The highest BCUT2D eigenvalue weighted by atomic mass is 35.5. The molecule has 1 N–H and O–H groups in total. The third kappa shape index (κ3) is 5.36. The Balaban J connectivity index is 2.12. The number of thioether (sulfide) groups is 1. The van der Waals surface area contributed by atoms with Crippen LogP contribution in [0.3, 0.4) is 0 Å². The maximum atomic E-state index is 12.7. The van der Waals surface area contributed by atoms with Crippen molar-refractivity contribution in [1.29, 1.82) is 0 Å². The van der Waals surface area contributed by atoms with E-state index in [2.05, 4.69) is 12.2 Å². The average Bonchev–Trinajstić information content (AvgIpc) is 3.12. The topological polar surface area (TPSA) is 66.5 Å². The lowest BCUT2D eigenvalue weighted by atomic mass is 10.3. The van der Waals surface area contributed by atoms with Gasteiger partial charge in [0.1, 0.15) is 4.90 Å². The zero-order valence-corrected chi connectivity index (χ0v) is 17.0. The first-order chi connectivity index (χ1) is 11.9. The molecule has 1 aromatic carbocycles. The zero-order valence-electron chi connectivity index (χ0n) is 14.6. The highest BCUT2D eigenvalue weighted by Gasteiger charge is 2.29. The summed E-state index contributed by atoms with van der Waals surface area (Å²) in [5.74, 6) is 0.799. The zero-order chi connectivity index (χ0) is 18.4. The Morgan fingerprint density at radius 1 is 1.36 bits per heavy atom. The Hall–Kier alpha value is -0.760. The maximum absolute atomic E-state index is 12.7. The predicted molar refractivity (Wildman–Crippen MR) is 105 cm³/mol. The van der Waals surface area contributed by atoms with Crippen LogP contribution in [0, 0.1) is 0 Å². The molecule has 0 radical (unpaired) electrons. The van der Waals surface area contributed by atoms with Crippen LogP contribution in [0.5, 0.6) is 0 Å². The summed E-state index contributed by atoms with van der Waals surface area (Å²) >= 11 is 7.72. The summed E-state index contributed by atoms with van der Waals surface area (Å²) in [4.78, 5) is 12.3. The molecule has 0 saturated carbocycles. The third-order valence-corrected chi connectivity index (χ3v) is 7.74. The van der Waals surface area contributed by atoms with Gasteiger partial charge in [0.15, 0.2) is 0 Å². The van der Waals surface area contributed by atoms with Crippen molar-refractivity contribution in [1.82, 2.24) is 4.31 Å². The molecule has 1 fully saturated rings. The number of amides is 1. The Labute approximate surface area is 159 Å². The summed E-state index contributed by atoms with van der Waals surface area (Å²) in [6.07, 6.45) is 3.89. The summed E-state index contributed by atoms with van der Waals surface area (Å²) in [6, 6.07) is 4.61. The molecule has 1 atom stereocenters. The van der Waals surface area contributed by atoms with Crippen molar-refractivity contribution < 1.29 is 13.2 Å². The van der Waals surface area contributed by atoms with Crippen LogP contribution in [0.2, 0.25) is 5.02 Å². The first-order valence-electron chi connectivity index (χ1n) is 8.58. The van der Waals surface area contributed by atoms with Gasteiger partial charge in [-0.1, -0.05) is 24.9 Å². The van der Waals surface area contributed by atoms with Crippen LogP contribution in [-0.2, 0) is 14.8 Å². The number of carbonyl (C=O) groups excluding carboxylic acids is 1. The Morgan fingerprint density at radius 3 is 2.68 bits per heavy atom. The number of anilines is 1.